The summed E-state index contributed by atoms with van der Waals surface area (Å²) in [4.78, 5) is 6.97. The Morgan fingerprint density at radius 3 is 2.96 bits per heavy atom. The maximum Gasteiger partial charge on any atom is 0.232 e. The lowest BCUT2D eigenvalue weighted by molar-refractivity contribution is 0.307. The highest BCUT2D eigenvalue weighted by Crippen LogP contribution is 2.46. The number of pyridine rings is 1. The van der Waals surface area contributed by atoms with Gasteiger partial charge < -0.3 is 0 Å². The van der Waals surface area contributed by atoms with Crippen molar-refractivity contribution in [3.05, 3.63) is 46.4 Å². The van der Waals surface area contributed by atoms with E-state index >= 15 is 0 Å². The number of fused-ring (bicyclic) bond motifs is 2. The van der Waals surface area contributed by atoms with E-state index in [0.717, 1.165) is 37.4 Å². The van der Waals surface area contributed by atoms with E-state index in [1.165, 1.54) is 16.1 Å². The number of thiophene rings is 1. The van der Waals surface area contributed by atoms with Crippen LogP contribution in [0.3, 0.4) is 0 Å². The molecule has 1 saturated heterocycles. The van der Waals surface area contributed by atoms with Gasteiger partial charge in [0.1, 0.15) is 0 Å². The molecule has 0 unspecified atom stereocenters. The van der Waals surface area contributed by atoms with Crippen LogP contribution < -0.4 is 4.31 Å². The summed E-state index contributed by atoms with van der Waals surface area (Å²) in [5.41, 5.74) is 2.85. The van der Waals surface area contributed by atoms with Gasteiger partial charge in [0, 0.05) is 31.2 Å². The van der Waals surface area contributed by atoms with Crippen molar-refractivity contribution in [2.24, 2.45) is 0 Å². The highest BCUT2D eigenvalue weighted by Gasteiger charge is 2.50. The number of anilines is 1. The molecule has 0 amide bonds. The standard InChI is InChI=1S/C16H19N3O2S2/c1-23(20,21)19-12-16(15-14(19)3-2-6-17-15)5-7-18(11-16)9-13-4-8-22-10-13/h2-4,6,8,10H,5,7,9,11-12H2,1H3/t16-/m0/s1. The topological polar surface area (TPSA) is 53.5 Å². The molecule has 23 heavy (non-hydrogen) atoms. The molecule has 1 atom stereocenters. The molecule has 4 heterocycles. The molecule has 5 nitrogen and oxygen atoms in total. The van der Waals surface area contributed by atoms with Crippen LogP contribution in [0.2, 0.25) is 0 Å². The van der Waals surface area contributed by atoms with Crippen LogP contribution >= 0.6 is 11.3 Å². The molecule has 0 aliphatic carbocycles. The van der Waals surface area contributed by atoms with Gasteiger partial charge >= 0.3 is 0 Å². The second-order valence-corrected chi connectivity index (χ2v) is 9.20. The molecule has 7 heteroatoms. The third-order valence-corrected chi connectivity index (χ3v) is 6.68. The number of sulfonamides is 1. The Bertz CT molecular complexity index is 820. The zero-order chi connectivity index (χ0) is 16.1. The van der Waals surface area contributed by atoms with Crippen molar-refractivity contribution in [3.8, 4) is 0 Å². The third-order valence-electron chi connectivity index (χ3n) is 4.82. The molecule has 122 valence electrons. The Balaban J connectivity index is 1.65. The van der Waals surface area contributed by atoms with Crippen LogP contribution in [0.4, 0.5) is 5.69 Å². The molecular formula is C16H19N3O2S2. The minimum Gasteiger partial charge on any atom is -0.298 e. The van der Waals surface area contributed by atoms with Crippen molar-refractivity contribution < 1.29 is 8.42 Å². The van der Waals surface area contributed by atoms with Gasteiger partial charge in [-0.15, -0.1) is 0 Å². The average molecular weight is 349 g/mol. The number of rotatable bonds is 3. The molecule has 2 aromatic rings. The molecule has 4 rings (SSSR count). The molecule has 2 aliphatic rings. The smallest absolute Gasteiger partial charge is 0.232 e. The SMILES string of the molecule is CS(=O)(=O)N1C[C@@]2(CCN(Cc3ccsc3)C2)c2ncccc21. The first-order valence-electron chi connectivity index (χ1n) is 7.65. The summed E-state index contributed by atoms with van der Waals surface area (Å²) in [6.45, 7) is 3.27. The number of likely N-dealkylation sites (tertiary alicyclic amines) is 1. The Kier molecular flexibility index (Phi) is 3.48. The van der Waals surface area contributed by atoms with E-state index in [4.69, 9.17) is 0 Å². The summed E-state index contributed by atoms with van der Waals surface area (Å²) in [7, 11) is -3.27. The normalized spacial score (nSPS) is 24.5. The summed E-state index contributed by atoms with van der Waals surface area (Å²) in [5, 5.41) is 4.27. The summed E-state index contributed by atoms with van der Waals surface area (Å²) in [6, 6.07) is 5.84. The van der Waals surface area contributed by atoms with E-state index in [1.54, 1.807) is 17.5 Å². The van der Waals surface area contributed by atoms with Gasteiger partial charge in [0.2, 0.25) is 10.0 Å². The van der Waals surface area contributed by atoms with Crippen LogP contribution in [0.25, 0.3) is 0 Å². The Morgan fingerprint density at radius 1 is 1.35 bits per heavy atom. The number of nitrogens with zero attached hydrogens (tertiary/aromatic N) is 3. The highest BCUT2D eigenvalue weighted by atomic mass is 32.2. The van der Waals surface area contributed by atoms with Crippen molar-refractivity contribution in [1.29, 1.82) is 0 Å². The number of hydrogen-bond acceptors (Lipinski definition) is 5. The molecule has 0 aromatic carbocycles. The van der Waals surface area contributed by atoms with Crippen LogP contribution in [0.15, 0.2) is 35.2 Å². The molecule has 0 radical (unpaired) electrons. The predicted molar refractivity (Wildman–Crippen MR) is 92.3 cm³/mol. The lowest BCUT2D eigenvalue weighted by Gasteiger charge is -2.24. The Labute approximate surface area is 140 Å². The van der Waals surface area contributed by atoms with Gasteiger partial charge in [-0.3, -0.25) is 14.2 Å². The first-order chi connectivity index (χ1) is 11.0. The van der Waals surface area contributed by atoms with Crippen molar-refractivity contribution in [1.82, 2.24) is 9.88 Å². The van der Waals surface area contributed by atoms with E-state index in [1.807, 2.05) is 12.1 Å². The number of aromatic nitrogens is 1. The van der Waals surface area contributed by atoms with Crippen LogP contribution in [-0.4, -0.2) is 44.2 Å². The van der Waals surface area contributed by atoms with Crippen LogP contribution in [-0.2, 0) is 22.0 Å². The second-order valence-electron chi connectivity index (χ2n) is 6.51. The quantitative estimate of drug-likeness (QED) is 0.851. The lowest BCUT2D eigenvalue weighted by Crippen LogP contribution is -2.38. The zero-order valence-electron chi connectivity index (χ0n) is 13.0. The summed E-state index contributed by atoms with van der Waals surface area (Å²) in [5.74, 6) is 0. The minimum atomic E-state index is -3.27. The Morgan fingerprint density at radius 2 is 2.22 bits per heavy atom. The van der Waals surface area contributed by atoms with Crippen molar-refractivity contribution in [2.45, 2.75) is 18.4 Å². The van der Waals surface area contributed by atoms with Crippen molar-refractivity contribution in [3.63, 3.8) is 0 Å². The van der Waals surface area contributed by atoms with Gasteiger partial charge in [-0.1, -0.05) is 0 Å². The first kappa shape index (κ1) is 15.1. The maximum atomic E-state index is 12.2. The fraction of sp³-hybridized carbons (Fsp3) is 0.438. The van der Waals surface area contributed by atoms with E-state index in [2.05, 4.69) is 26.7 Å². The van der Waals surface area contributed by atoms with Gasteiger partial charge in [0.15, 0.2) is 0 Å². The fourth-order valence-electron chi connectivity index (χ4n) is 3.79. The van der Waals surface area contributed by atoms with Crippen LogP contribution in [0, 0.1) is 0 Å². The van der Waals surface area contributed by atoms with Gasteiger partial charge in [-0.2, -0.15) is 11.3 Å². The third kappa shape index (κ3) is 2.56. The van der Waals surface area contributed by atoms with Crippen LogP contribution in [0.5, 0.6) is 0 Å². The summed E-state index contributed by atoms with van der Waals surface area (Å²) < 4.78 is 25.9. The molecule has 0 N–H and O–H groups in total. The average Bonchev–Trinajstić information content (AvgIpc) is 3.21. The van der Waals surface area contributed by atoms with Gasteiger partial charge in [0.05, 0.1) is 17.6 Å². The number of hydrogen-bond donors (Lipinski definition) is 0. The van der Waals surface area contributed by atoms with Crippen molar-refractivity contribution in [2.75, 3.05) is 30.2 Å². The second kappa shape index (κ2) is 5.29. The van der Waals surface area contributed by atoms with Gasteiger partial charge in [0.25, 0.3) is 0 Å². The van der Waals surface area contributed by atoms with E-state index < -0.39 is 10.0 Å². The van der Waals surface area contributed by atoms with E-state index in [-0.39, 0.29) is 5.41 Å². The Hall–Kier alpha value is -1.44. The van der Waals surface area contributed by atoms with E-state index in [0.29, 0.717) is 6.54 Å². The molecule has 0 bridgehead atoms. The summed E-state index contributed by atoms with van der Waals surface area (Å²) >= 11 is 1.71. The molecule has 0 saturated carbocycles. The van der Waals surface area contributed by atoms with E-state index in [9.17, 15) is 8.42 Å². The highest BCUT2D eigenvalue weighted by molar-refractivity contribution is 7.92. The fourth-order valence-corrected chi connectivity index (χ4v) is 5.44. The molecule has 2 aliphatic heterocycles. The lowest BCUT2D eigenvalue weighted by atomic mass is 9.85. The van der Waals surface area contributed by atoms with Crippen LogP contribution in [0.1, 0.15) is 17.7 Å². The maximum absolute atomic E-state index is 12.2. The van der Waals surface area contributed by atoms with Gasteiger partial charge in [-0.25, -0.2) is 8.42 Å². The molecule has 1 fully saturated rings. The molecule has 2 aromatic heterocycles. The first-order valence-corrected chi connectivity index (χ1v) is 10.4. The monoisotopic (exact) mass is 349 g/mol. The minimum absolute atomic E-state index is 0.171. The largest absolute Gasteiger partial charge is 0.298 e. The zero-order valence-corrected chi connectivity index (χ0v) is 14.6. The van der Waals surface area contributed by atoms with Crippen molar-refractivity contribution >= 4 is 27.0 Å². The summed E-state index contributed by atoms with van der Waals surface area (Å²) in [6.07, 6.45) is 4.00. The predicted octanol–water partition coefficient (Wildman–Crippen LogP) is 2.07. The molecular weight excluding hydrogens is 330 g/mol. The molecule has 1 spiro atoms. The van der Waals surface area contributed by atoms with Gasteiger partial charge in [-0.05, 0) is 47.5 Å².